The van der Waals surface area contributed by atoms with Crippen molar-refractivity contribution in [2.75, 3.05) is 0 Å². The molecule has 88 valence electrons. The molecular formula is C11H10BrN3O2. The van der Waals surface area contributed by atoms with E-state index in [0.29, 0.717) is 17.4 Å². The molecule has 0 aliphatic heterocycles. The van der Waals surface area contributed by atoms with Crippen molar-refractivity contribution in [2.45, 2.75) is 13.0 Å². The standard InChI is InChI=1S/C11H10BrN3O2/c12-9-7-14-11(17)15(10(9)16)5-3-8-2-1-4-13-6-8/h1-2,4,6-7H,3,5H2,(H,14,17). The first-order valence-electron chi connectivity index (χ1n) is 5.05. The zero-order chi connectivity index (χ0) is 12.3. The summed E-state index contributed by atoms with van der Waals surface area (Å²) in [6, 6.07) is 3.73. The third-order valence-electron chi connectivity index (χ3n) is 2.36. The van der Waals surface area contributed by atoms with Gasteiger partial charge in [-0.3, -0.25) is 14.3 Å². The fourth-order valence-corrected chi connectivity index (χ4v) is 1.80. The molecule has 0 aliphatic carbocycles. The van der Waals surface area contributed by atoms with Crippen molar-refractivity contribution < 1.29 is 0 Å². The minimum Gasteiger partial charge on any atom is -0.313 e. The summed E-state index contributed by atoms with van der Waals surface area (Å²) >= 11 is 3.09. The molecule has 1 N–H and O–H groups in total. The van der Waals surface area contributed by atoms with Gasteiger partial charge in [0.25, 0.3) is 5.56 Å². The molecule has 0 saturated carbocycles. The fraction of sp³-hybridized carbons (Fsp3) is 0.182. The van der Waals surface area contributed by atoms with Crippen LogP contribution >= 0.6 is 15.9 Å². The SMILES string of the molecule is O=c1[nH]cc(Br)c(=O)n1CCc1cccnc1. The van der Waals surface area contributed by atoms with Gasteiger partial charge in [0.15, 0.2) is 0 Å². The van der Waals surface area contributed by atoms with E-state index in [1.807, 2.05) is 12.1 Å². The zero-order valence-corrected chi connectivity index (χ0v) is 10.5. The minimum absolute atomic E-state index is 0.322. The van der Waals surface area contributed by atoms with Crippen LogP contribution < -0.4 is 11.2 Å². The first-order chi connectivity index (χ1) is 8.18. The molecule has 0 amide bonds. The maximum absolute atomic E-state index is 11.7. The molecule has 2 rings (SSSR count). The molecule has 0 unspecified atom stereocenters. The molecule has 0 spiro atoms. The van der Waals surface area contributed by atoms with Crippen LogP contribution in [-0.4, -0.2) is 14.5 Å². The predicted octanol–water partition coefficient (Wildman–Crippen LogP) is 0.937. The highest BCUT2D eigenvalue weighted by Gasteiger charge is 2.04. The van der Waals surface area contributed by atoms with Crippen LogP contribution in [0, 0.1) is 0 Å². The molecule has 0 fully saturated rings. The number of halogens is 1. The number of aromatic amines is 1. The van der Waals surface area contributed by atoms with Crippen molar-refractivity contribution in [3.63, 3.8) is 0 Å². The van der Waals surface area contributed by atoms with Gasteiger partial charge in [0.05, 0.1) is 4.47 Å². The van der Waals surface area contributed by atoms with Crippen LogP contribution in [0.2, 0.25) is 0 Å². The lowest BCUT2D eigenvalue weighted by atomic mass is 10.2. The fourth-order valence-electron chi connectivity index (χ4n) is 1.48. The number of nitrogens with one attached hydrogen (secondary N) is 1. The predicted molar refractivity (Wildman–Crippen MR) is 67.0 cm³/mol. The van der Waals surface area contributed by atoms with Gasteiger partial charge < -0.3 is 4.98 Å². The number of pyridine rings is 1. The maximum Gasteiger partial charge on any atom is 0.328 e. The number of aryl methyl sites for hydroxylation is 1. The van der Waals surface area contributed by atoms with Gasteiger partial charge in [-0.2, -0.15) is 0 Å². The van der Waals surface area contributed by atoms with Crippen LogP contribution in [0.3, 0.4) is 0 Å². The summed E-state index contributed by atoms with van der Waals surface area (Å²) in [4.78, 5) is 29.6. The molecule has 0 bridgehead atoms. The van der Waals surface area contributed by atoms with Crippen LogP contribution in [0.15, 0.2) is 44.8 Å². The molecule has 2 heterocycles. The molecule has 2 aromatic heterocycles. The molecule has 0 aromatic carbocycles. The second-order valence-electron chi connectivity index (χ2n) is 3.51. The van der Waals surface area contributed by atoms with Gasteiger partial charge in [-0.1, -0.05) is 6.07 Å². The van der Waals surface area contributed by atoms with Crippen LogP contribution in [0.25, 0.3) is 0 Å². The van der Waals surface area contributed by atoms with Gasteiger partial charge in [-0.25, -0.2) is 4.79 Å². The van der Waals surface area contributed by atoms with Crippen molar-refractivity contribution in [1.82, 2.24) is 14.5 Å². The second kappa shape index (κ2) is 5.09. The molecule has 2 aromatic rings. The Morgan fingerprint density at radius 3 is 2.94 bits per heavy atom. The Kier molecular flexibility index (Phi) is 3.53. The largest absolute Gasteiger partial charge is 0.328 e. The summed E-state index contributed by atoms with van der Waals surface area (Å²) in [5.74, 6) is 0. The van der Waals surface area contributed by atoms with E-state index < -0.39 is 5.69 Å². The van der Waals surface area contributed by atoms with Crippen molar-refractivity contribution in [1.29, 1.82) is 0 Å². The van der Waals surface area contributed by atoms with Gasteiger partial charge in [-0.15, -0.1) is 0 Å². The number of hydrogen-bond acceptors (Lipinski definition) is 3. The second-order valence-corrected chi connectivity index (χ2v) is 4.36. The summed E-state index contributed by atoms with van der Waals surface area (Å²) in [5, 5.41) is 0. The lowest BCUT2D eigenvalue weighted by Crippen LogP contribution is -2.35. The molecule has 6 heteroatoms. The van der Waals surface area contributed by atoms with Crippen molar-refractivity contribution in [3.05, 3.63) is 61.6 Å². The van der Waals surface area contributed by atoms with Gasteiger partial charge in [-0.05, 0) is 34.0 Å². The number of rotatable bonds is 3. The monoisotopic (exact) mass is 295 g/mol. The molecule has 0 aliphatic rings. The van der Waals surface area contributed by atoms with E-state index in [2.05, 4.69) is 25.9 Å². The Labute approximate surface area is 105 Å². The van der Waals surface area contributed by atoms with E-state index in [1.54, 1.807) is 12.4 Å². The van der Waals surface area contributed by atoms with E-state index in [4.69, 9.17) is 0 Å². The van der Waals surface area contributed by atoms with Crippen molar-refractivity contribution >= 4 is 15.9 Å². The lowest BCUT2D eigenvalue weighted by molar-refractivity contribution is 0.623. The number of nitrogens with zero attached hydrogens (tertiary/aromatic N) is 2. The van der Waals surface area contributed by atoms with Crippen LogP contribution in [0.4, 0.5) is 0 Å². The Morgan fingerprint density at radius 1 is 1.41 bits per heavy atom. The summed E-state index contributed by atoms with van der Waals surface area (Å²) in [6.07, 6.45) is 5.34. The van der Waals surface area contributed by atoms with Gasteiger partial charge in [0.2, 0.25) is 0 Å². The highest BCUT2D eigenvalue weighted by atomic mass is 79.9. The highest BCUT2D eigenvalue weighted by Crippen LogP contribution is 1.99. The molecule has 5 nitrogen and oxygen atoms in total. The third-order valence-corrected chi connectivity index (χ3v) is 2.93. The van der Waals surface area contributed by atoms with E-state index in [0.717, 1.165) is 10.1 Å². The van der Waals surface area contributed by atoms with Crippen LogP contribution in [0.5, 0.6) is 0 Å². The first kappa shape index (κ1) is 11.8. The van der Waals surface area contributed by atoms with Gasteiger partial charge in [0.1, 0.15) is 0 Å². The quantitative estimate of drug-likeness (QED) is 0.916. The smallest absolute Gasteiger partial charge is 0.313 e. The summed E-state index contributed by atoms with van der Waals surface area (Å²) < 4.78 is 1.51. The van der Waals surface area contributed by atoms with E-state index in [-0.39, 0.29) is 5.56 Å². The highest BCUT2D eigenvalue weighted by molar-refractivity contribution is 9.10. The Balaban J connectivity index is 2.23. The summed E-state index contributed by atoms with van der Waals surface area (Å²) in [7, 11) is 0. The Bertz CT molecular complexity index is 619. The average molecular weight is 296 g/mol. The molecule has 17 heavy (non-hydrogen) atoms. The van der Waals surface area contributed by atoms with Crippen molar-refractivity contribution in [2.24, 2.45) is 0 Å². The van der Waals surface area contributed by atoms with E-state index in [9.17, 15) is 9.59 Å². The van der Waals surface area contributed by atoms with Gasteiger partial charge in [0, 0.05) is 25.1 Å². The first-order valence-corrected chi connectivity index (χ1v) is 5.84. The van der Waals surface area contributed by atoms with Gasteiger partial charge >= 0.3 is 5.69 Å². The summed E-state index contributed by atoms with van der Waals surface area (Å²) in [5.41, 5.74) is 0.263. The van der Waals surface area contributed by atoms with Crippen LogP contribution in [0.1, 0.15) is 5.56 Å². The zero-order valence-electron chi connectivity index (χ0n) is 8.89. The number of H-pyrrole nitrogens is 1. The maximum atomic E-state index is 11.7. The topological polar surface area (TPSA) is 67.8 Å². The lowest BCUT2D eigenvalue weighted by Gasteiger charge is -2.04. The van der Waals surface area contributed by atoms with E-state index in [1.165, 1.54) is 6.20 Å². The van der Waals surface area contributed by atoms with E-state index >= 15 is 0 Å². The third kappa shape index (κ3) is 2.71. The summed E-state index contributed by atoms with van der Waals surface area (Å²) in [6.45, 7) is 0.333. The molecule has 0 radical (unpaired) electrons. The number of aromatic nitrogens is 3. The molecular weight excluding hydrogens is 286 g/mol. The number of hydrogen-bond donors (Lipinski definition) is 1. The molecule has 0 saturated heterocycles. The average Bonchev–Trinajstić information content (AvgIpc) is 2.35. The minimum atomic E-state index is -0.401. The van der Waals surface area contributed by atoms with Crippen molar-refractivity contribution in [3.8, 4) is 0 Å². The molecule has 0 atom stereocenters. The Hall–Kier alpha value is -1.69. The Morgan fingerprint density at radius 2 is 2.24 bits per heavy atom. The normalized spacial score (nSPS) is 10.4. The van der Waals surface area contributed by atoms with Crippen LogP contribution in [-0.2, 0) is 13.0 Å².